The van der Waals surface area contributed by atoms with Crippen molar-refractivity contribution in [3.63, 3.8) is 0 Å². The number of aromatic amines is 1. The van der Waals surface area contributed by atoms with Crippen molar-refractivity contribution in [2.24, 2.45) is 5.92 Å². The molecule has 150 valence electrons. The van der Waals surface area contributed by atoms with Crippen LogP contribution in [0.3, 0.4) is 0 Å². The Bertz CT molecular complexity index is 992. The lowest BCUT2D eigenvalue weighted by Crippen LogP contribution is -2.47. The predicted octanol–water partition coefficient (Wildman–Crippen LogP) is 3.49. The summed E-state index contributed by atoms with van der Waals surface area (Å²) in [5.41, 5.74) is 4.00. The first-order chi connectivity index (χ1) is 14.1. The van der Waals surface area contributed by atoms with Crippen LogP contribution in [0.25, 0.3) is 11.0 Å². The topological polar surface area (TPSA) is 78.1 Å². The van der Waals surface area contributed by atoms with Gasteiger partial charge in [-0.3, -0.25) is 9.59 Å². The number of likely N-dealkylation sites (tertiary alicyclic amines) is 1. The number of H-pyrrole nitrogens is 1. The quantitative estimate of drug-likeness (QED) is 0.700. The van der Waals surface area contributed by atoms with E-state index in [1.54, 1.807) is 0 Å². The zero-order valence-electron chi connectivity index (χ0n) is 16.8. The first-order valence-corrected chi connectivity index (χ1v) is 10.1. The lowest BCUT2D eigenvalue weighted by Gasteiger charge is -2.40. The first kappa shape index (κ1) is 19.2. The van der Waals surface area contributed by atoms with Gasteiger partial charge in [0, 0.05) is 13.0 Å². The molecule has 0 spiro atoms. The van der Waals surface area contributed by atoms with Crippen LogP contribution in [0, 0.1) is 12.8 Å². The second-order valence-electron chi connectivity index (χ2n) is 7.60. The van der Waals surface area contributed by atoms with Gasteiger partial charge in [0.25, 0.3) is 0 Å². The number of aryl methyl sites for hydroxylation is 1. The Morgan fingerprint density at radius 1 is 1.21 bits per heavy atom. The van der Waals surface area contributed by atoms with Crippen LogP contribution in [-0.2, 0) is 16.1 Å². The molecule has 1 saturated heterocycles. The number of hydrogen-bond acceptors (Lipinski definition) is 3. The maximum absolute atomic E-state index is 13.1. The molecule has 2 amide bonds. The van der Waals surface area contributed by atoms with E-state index in [0.717, 1.165) is 28.0 Å². The molecule has 3 aromatic rings. The monoisotopic (exact) mass is 390 g/mol. The van der Waals surface area contributed by atoms with E-state index in [1.165, 1.54) is 0 Å². The third-order valence-corrected chi connectivity index (χ3v) is 5.67. The summed E-state index contributed by atoms with van der Waals surface area (Å²) in [5, 5.41) is 3.03. The molecule has 2 N–H and O–H groups in total. The fourth-order valence-electron chi connectivity index (χ4n) is 4.17. The first-order valence-electron chi connectivity index (χ1n) is 10.1. The van der Waals surface area contributed by atoms with Crippen LogP contribution < -0.4 is 5.32 Å². The number of aromatic nitrogens is 2. The number of rotatable bonds is 5. The van der Waals surface area contributed by atoms with E-state index in [1.807, 2.05) is 67.3 Å². The van der Waals surface area contributed by atoms with Crippen LogP contribution in [0.1, 0.15) is 42.8 Å². The Morgan fingerprint density at radius 3 is 2.69 bits per heavy atom. The molecular weight excluding hydrogens is 364 g/mol. The smallest absolute Gasteiger partial charge is 0.225 e. The van der Waals surface area contributed by atoms with Crippen LogP contribution in [0.4, 0.5) is 0 Å². The Morgan fingerprint density at radius 2 is 1.97 bits per heavy atom. The Labute approximate surface area is 170 Å². The summed E-state index contributed by atoms with van der Waals surface area (Å²) in [5.74, 6) is 0.520. The molecule has 0 unspecified atom stereocenters. The average molecular weight is 390 g/mol. The van der Waals surface area contributed by atoms with Gasteiger partial charge in [0.2, 0.25) is 11.8 Å². The molecule has 4 rings (SSSR count). The molecule has 2 atom stereocenters. The molecule has 0 saturated carbocycles. The fourth-order valence-corrected chi connectivity index (χ4v) is 4.17. The fraction of sp³-hybridized carbons (Fsp3) is 0.348. The molecule has 6 heteroatoms. The second-order valence-corrected chi connectivity index (χ2v) is 7.60. The third kappa shape index (κ3) is 3.88. The van der Waals surface area contributed by atoms with Crippen molar-refractivity contribution in [3.8, 4) is 0 Å². The zero-order chi connectivity index (χ0) is 20.4. The summed E-state index contributed by atoms with van der Waals surface area (Å²) < 4.78 is 0. The highest BCUT2D eigenvalue weighted by Gasteiger charge is 2.39. The van der Waals surface area contributed by atoms with Crippen LogP contribution >= 0.6 is 0 Å². The van der Waals surface area contributed by atoms with Gasteiger partial charge in [0.1, 0.15) is 5.82 Å². The number of carbonyl (C=O) groups is 2. The van der Waals surface area contributed by atoms with E-state index in [9.17, 15) is 9.59 Å². The number of hydrogen-bond donors (Lipinski definition) is 2. The molecule has 1 aliphatic heterocycles. The molecule has 0 aliphatic carbocycles. The molecule has 1 aromatic heterocycles. The van der Waals surface area contributed by atoms with Gasteiger partial charge >= 0.3 is 0 Å². The summed E-state index contributed by atoms with van der Waals surface area (Å²) >= 11 is 0. The molecule has 0 bridgehead atoms. The molecule has 6 nitrogen and oxygen atoms in total. The lowest BCUT2D eigenvalue weighted by atomic mass is 9.83. The van der Waals surface area contributed by atoms with Gasteiger partial charge in [-0.05, 0) is 38.0 Å². The second kappa shape index (κ2) is 8.07. The minimum Gasteiger partial charge on any atom is -0.349 e. The zero-order valence-corrected chi connectivity index (χ0v) is 16.8. The average Bonchev–Trinajstić information content (AvgIpc) is 3.15. The number of para-hydroxylation sites is 2. The van der Waals surface area contributed by atoms with Crippen molar-refractivity contribution in [3.05, 3.63) is 65.5 Å². The van der Waals surface area contributed by atoms with Crippen LogP contribution in [0.5, 0.6) is 0 Å². The van der Waals surface area contributed by atoms with Crippen molar-refractivity contribution in [1.82, 2.24) is 20.2 Å². The highest BCUT2D eigenvalue weighted by molar-refractivity contribution is 5.85. The van der Waals surface area contributed by atoms with Crippen molar-refractivity contribution in [2.75, 3.05) is 6.54 Å². The van der Waals surface area contributed by atoms with E-state index in [-0.39, 0.29) is 23.8 Å². The molecular formula is C23H26N4O2. The predicted molar refractivity (Wildman–Crippen MR) is 112 cm³/mol. The Kier molecular flexibility index (Phi) is 5.34. The number of carbonyl (C=O) groups excluding carboxylic acids is 2. The normalized spacial score (nSPS) is 19.5. The number of nitrogens with zero attached hydrogens (tertiary/aromatic N) is 2. The molecule has 1 fully saturated rings. The summed E-state index contributed by atoms with van der Waals surface area (Å²) in [6.07, 6.45) is 0.957. The van der Waals surface area contributed by atoms with Gasteiger partial charge in [-0.25, -0.2) is 4.98 Å². The maximum Gasteiger partial charge on any atom is 0.225 e. The number of amides is 2. The lowest BCUT2D eigenvalue weighted by molar-refractivity contribution is -0.143. The van der Waals surface area contributed by atoms with Crippen LogP contribution in [-0.4, -0.2) is 33.2 Å². The van der Waals surface area contributed by atoms with Gasteiger partial charge < -0.3 is 15.2 Å². The molecule has 0 radical (unpaired) electrons. The SMILES string of the molecule is CCN1C(=O)CC[C@@H](C(=O)NCc2nc3ccccc3[nH]2)[C@@H]1c1ccc(C)cc1. The molecule has 2 aromatic carbocycles. The number of benzene rings is 2. The molecule has 1 aliphatic rings. The number of fused-ring (bicyclic) bond motifs is 1. The van der Waals surface area contributed by atoms with E-state index < -0.39 is 0 Å². The standard InChI is InChI=1S/C23H26N4O2/c1-3-27-21(28)13-12-17(22(27)16-10-8-15(2)9-11-16)23(29)24-14-20-25-18-6-4-5-7-19(18)26-20/h4-11,17,22H,3,12-14H2,1-2H3,(H,24,29)(H,25,26)/t17-,22+/m1/s1. The maximum atomic E-state index is 13.1. The third-order valence-electron chi connectivity index (χ3n) is 5.67. The van der Waals surface area contributed by atoms with Gasteiger partial charge in [-0.1, -0.05) is 42.0 Å². The van der Waals surface area contributed by atoms with Gasteiger partial charge in [-0.15, -0.1) is 0 Å². The number of piperidine rings is 1. The number of nitrogens with one attached hydrogen (secondary N) is 2. The van der Waals surface area contributed by atoms with E-state index >= 15 is 0 Å². The highest BCUT2D eigenvalue weighted by Crippen LogP contribution is 2.36. The summed E-state index contributed by atoms with van der Waals surface area (Å²) in [6, 6.07) is 15.7. The Balaban J connectivity index is 1.54. The minimum atomic E-state index is -0.278. The van der Waals surface area contributed by atoms with E-state index in [0.29, 0.717) is 25.9 Å². The van der Waals surface area contributed by atoms with Crippen molar-refractivity contribution in [2.45, 2.75) is 39.3 Å². The summed E-state index contributed by atoms with van der Waals surface area (Å²) in [4.78, 5) is 35.2. The van der Waals surface area contributed by atoms with Crippen molar-refractivity contribution >= 4 is 22.8 Å². The largest absolute Gasteiger partial charge is 0.349 e. The Hall–Kier alpha value is -3.15. The van der Waals surface area contributed by atoms with Crippen LogP contribution in [0.15, 0.2) is 48.5 Å². The van der Waals surface area contributed by atoms with Crippen molar-refractivity contribution in [1.29, 1.82) is 0 Å². The minimum absolute atomic E-state index is 0.0398. The van der Waals surface area contributed by atoms with Gasteiger partial charge in [0.15, 0.2) is 0 Å². The molecule has 29 heavy (non-hydrogen) atoms. The van der Waals surface area contributed by atoms with E-state index in [2.05, 4.69) is 15.3 Å². The summed E-state index contributed by atoms with van der Waals surface area (Å²) in [6.45, 7) is 4.92. The van der Waals surface area contributed by atoms with E-state index in [4.69, 9.17) is 0 Å². The van der Waals surface area contributed by atoms with Gasteiger partial charge in [0.05, 0.1) is 29.5 Å². The number of imidazole rings is 1. The highest BCUT2D eigenvalue weighted by atomic mass is 16.2. The van der Waals surface area contributed by atoms with Crippen molar-refractivity contribution < 1.29 is 9.59 Å². The summed E-state index contributed by atoms with van der Waals surface area (Å²) in [7, 11) is 0. The van der Waals surface area contributed by atoms with Crippen LogP contribution in [0.2, 0.25) is 0 Å². The van der Waals surface area contributed by atoms with Gasteiger partial charge in [-0.2, -0.15) is 0 Å². The molecule has 2 heterocycles.